The van der Waals surface area contributed by atoms with Crippen molar-refractivity contribution in [2.24, 2.45) is 0 Å². The van der Waals surface area contributed by atoms with Crippen LogP contribution in [0.1, 0.15) is 23.3 Å². The second-order valence-electron chi connectivity index (χ2n) is 5.12. The Morgan fingerprint density at radius 3 is 3.00 bits per heavy atom. The monoisotopic (exact) mass is 276 g/mol. The van der Waals surface area contributed by atoms with Crippen molar-refractivity contribution in [3.63, 3.8) is 0 Å². The van der Waals surface area contributed by atoms with Crippen molar-refractivity contribution < 1.29 is 9.50 Å². The smallest absolute Gasteiger partial charge is 0.147 e. The van der Waals surface area contributed by atoms with E-state index in [9.17, 15) is 9.50 Å². The van der Waals surface area contributed by atoms with Gasteiger partial charge in [-0.05, 0) is 24.6 Å². The summed E-state index contributed by atoms with van der Waals surface area (Å²) in [5.74, 6) is 1.51. The van der Waals surface area contributed by atoms with Crippen molar-refractivity contribution in [1.82, 2.24) is 19.7 Å². The molecule has 0 spiro atoms. The molecule has 2 heterocycles. The third-order valence-corrected chi connectivity index (χ3v) is 3.68. The fourth-order valence-corrected chi connectivity index (χ4v) is 2.57. The normalized spacial score (nSPS) is 16.9. The summed E-state index contributed by atoms with van der Waals surface area (Å²) in [6.45, 7) is 4.72. The number of aromatic nitrogens is 3. The summed E-state index contributed by atoms with van der Waals surface area (Å²) in [4.78, 5) is 2.11. The molecule has 5 nitrogen and oxygen atoms in total. The second kappa shape index (κ2) is 5.30. The van der Waals surface area contributed by atoms with Gasteiger partial charge in [0.15, 0.2) is 0 Å². The van der Waals surface area contributed by atoms with Gasteiger partial charge in [-0.3, -0.25) is 4.90 Å². The first-order valence-corrected chi connectivity index (χ1v) is 6.68. The Hall–Kier alpha value is -1.79. The number of halogens is 1. The summed E-state index contributed by atoms with van der Waals surface area (Å²) < 4.78 is 15.2. The van der Waals surface area contributed by atoms with Crippen LogP contribution >= 0.6 is 0 Å². The largest absolute Gasteiger partial charge is 0.387 e. The maximum atomic E-state index is 13.2. The number of hydrogen-bond donors (Lipinski definition) is 1. The molecule has 2 aromatic rings. The zero-order chi connectivity index (χ0) is 14.1. The minimum atomic E-state index is -0.693. The highest BCUT2D eigenvalue weighted by Gasteiger charge is 2.22. The summed E-state index contributed by atoms with van der Waals surface area (Å²) in [5.41, 5.74) is 0.605. The van der Waals surface area contributed by atoms with Gasteiger partial charge in [0.25, 0.3) is 0 Å². The van der Waals surface area contributed by atoms with Crippen LogP contribution in [0.25, 0.3) is 0 Å². The molecule has 6 heteroatoms. The van der Waals surface area contributed by atoms with E-state index in [1.54, 1.807) is 12.1 Å². The molecular formula is C14H17FN4O. The highest BCUT2D eigenvalue weighted by molar-refractivity contribution is 5.19. The van der Waals surface area contributed by atoms with Gasteiger partial charge in [0.05, 0.1) is 12.6 Å². The van der Waals surface area contributed by atoms with Gasteiger partial charge in [0.2, 0.25) is 0 Å². The summed E-state index contributed by atoms with van der Waals surface area (Å²) in [5, 5.41) is 18.4. The molecule has 1 aromatic heterocycles. The molecular weight excluding hydrogens is 259 g/mol. The number of aryl methyl sites for hydroxylation is 1. The lowest BCUT2D eigenvalue weighted by atomic mass is 10.1. The van der Waals surface area contributed by atoms with E-state index in [-0.39, 0.29) is 5.82 Å². The van der Waals surface area contributed by atoms with E-state index < -0.39 is 6.10 Å². The third kappa shape index (κ3) is 2.57. The van der Waals surface area contributed by atoms with E-state index >= 15 is 0 Å². The summed E-state index contributed by atoms with van der Waals surface area (Å²) in [6.07, 6.45) is -0.693. The molecule has 1 N–H and O–H groups in total. The van der Waals surface area contributed by atoms with Gasteiger partial charge in [-0.15, -0.1) is 10.2 Å². The quantitative estimate of drug-likeness (QED) is 0.917. The van der Waals surface area contributed by atoms with Gasteiger partial charge in [-0.2, -0.15) is 0 Å². The molecule has 1 aliphatic heterocycles. The van der Waals surface area contributed by atoms with Crippen LogP contribution in [0.15, 0.2) is 24.3 Å². The number of fused-ring (bicyclic) bond motifs is 1. The molecule has 0 radical (unpaired) electrons. The van der Waals surface area contributed by atoms with Crippen LogP contribution in [-0.2, 0) is 13.1 Å². The van der Waals surface area contributed by atoms with Crippen molar-refractivity contribution in [3.8, 4) is 0 Å². The zero-order valence-electron chi connectivity index (χ0n) is 11.3. The topological polar surface area (TPSA) is 54.2 Å². The number of aliphatic hydroxyl groups excluding tert-OH is 1. The second-order valence-corrected chi connectivity index (χ2v) is 5.12. The minimum absolute atomic E-state index is 0.324. The Labute approximate surface area is 116 Å². The van der Waals surface area contributed by atoms with Crippen LogP contribution in [-0.4, -0.2) is 37.9 Å². The van der Waals surface area contributed by atoms with Crippen LogP contribution in [0.4, 0.5) is 4.39 Å². The van der Waals surface area contributed by atoms with Crippen molar-refractivity contribution in [2.45, 2.75) is 26.1 Å². The van der Waals surface area contributed by atoms with Crippen LogP contribution in [0.3, 0.4) is 0 Å². The van der Waals surface area contributed by atoms with E-state index in [1.807, 2.05) is 6.92 Å². The average molecular weight is 276 g/mol. The molecule has 1 aliphatic rings. The summed E-state index contributed by atoms with van der Waals surface area (Å²) >= 11 is 0. The molecule has 0 fully saturated rings. The summed E-state index contributed by atoms with van der Waals surface area (Å²) in [6, 6.07) is 6.11. The first-order chi connectivity index (χ1) is 9.63. The number of aliphatic hydroxyl groups is 1. The summed E-state index contributed by atoms with van der Waals surface area (Å²) in [7, 11) is 0. The Kier molecular flexibility index (Phi) is 3.50. The predicted molar refractivity (Wildman–Crippen MR) is 71.4 cm³/mol. The molecule has 0 saturated carbocycles. The van der Waals surface area contributed by atoms with Crippen LogP contribution in [0, 0.1) is 12.7 Å². The first-order valence-electron chi connectivity index (χ1n) is 6.68. The lowest BCUT2D eigenvalue weighted by molar-refractivity contribution is 0.0958. The number of nitrogens with zero attached hydrogens (tertiary/aromatic N) is 4. The fourth-order valence-electron chi connectivity index (χ4n) is 2.57. The standard InChI is InChI=1S/C14H17FN4O/c1-10-16-17-14-9-18(5-6-19(10)14)8-13(20)11-3-2-4-12(15)7-11/h2-4,7,13,20H,5-6,8-9H2,1H3. The molecule has 0 aliphatic carbocycles. The maximum Gasteiger partial charge on any atom is 0.147 e. The van der Waals surface area contributed by atoms with Gasteiger partial charge >= 0.3 is 0 Å². The molecule has 20 heavy (non-hydrogen) atoms. The third-order valence-electron chi connectivity index (χ3n) is 3.68. The molecule has 1 atom stereocenters. The molecule has 1 unspecified atom stereocenters. The molecule has 0 amide bonds. The Morgan fingerprint density at radius 1 is 1.35 bits per heavy atom. The number of rotatable bonds is 3. The predicted octanol–water partition coefficient (Wildman–Crippen LogP) is 1.27. The Balaban J connectivity index is 1.67. The van der Waals surface area contributed by atoms with E-state index in [2.05, 4.69) is 19.7 Å². The van der Waals surface area contributed by atoms with Gasteiger partial charge in [0, 0.05) is 19.6 Å². The van der Waals surface area contributed by atoms with Crippen LogP contribution in [0.5, 0.6) is 0 Å². The van der Waals surface area contributed by atoms with E-state index in [0.717, 1.165) is 24.7 Å². The lowest BCUT2D eigenvalue weighted by Crippen LogP contribution is -2.36. The number of hydrogen-bond acceptors (Lipinski definition) is 4. The molecule has 3 rings (SSSR count). The molecule has 106 valence electrons. The van der Waals surface area contributed by atoms with Crippen molar-refractivity contribution in [2.75, 3.05) is 13.1 Å². The minimum Gasteiger partial charge on any atom is -0.387 e. The van der Waals surface area contributed by atoms with E-state index in [0.29, 0.717) is 18.7 Å². The van der Waals surface area contributed by atoms with Gasteiger partial charge in [-0.1, -0.05) is 12.1 Å². The number of benzene rings is 1. The molecule has 0 saturated heterocycles. The van der Waals surface area contributed by atoms with Crippen molar-refractivity contribution >= 4 is 0 Å². The van der Waals surface area contributed by atoms with Gasteiger partial charge in [0.1, 0.15) is 17.5 Å². The van der Waals surface area contributed by atoms with Crippen molar-refractivity contribution in [1.29, 1.82) is 0 Å². The van der Waals surface area contributed by atoms with E-state index in [1.165, 1.54) is 12.1 Å². The molecule has 1 aromatic carbocycles. The van der Waals surface area contributed by atoms with Gasteiger partial charge in [-0.25, -0.2) is 4.39 Å². The van der Waals surface area contributed by atoms with Crippen molar-refractivity contribution in [3.05, 3.63) is 47.3 Å². The molecule has 0 bridgehead atoms. The fraction of sp³-hybridized carbons (Fsp3) is 0.429. The lowest BCUT2D eigenvalue weighted by Gasteiger charge is -2.29. The SMILES string of the molecule is Cc1nnc2n1CCN(CC(O)c1cccc(F)c1)C2. The Bertz CT molecular complexity index is 613. The van der Waals surface area contributed by atoms with Crippen LogP contribution < -0.4 is 0 Å². The maximum absolute atomic E-state index is 13.2. The average Bonchev–Trinajstić information content (AvgIpc) is 2.80. The zero-order valence-corrected chi connectivity index (χ0v) is 11.3. The number of β-amino-alcohol motifs (C(OH)–C–C–N with tert-alkyl or cyclic N) is 1. The van der Waals surface area contributed by atoms with E-state index in [4.69, 9.17) is 0 Å². The highest BCUT2D eigenvalue weighted by Crippen LogP contribution is 2.18. The first kappa shape index (κ1) is 13.2. The van der Waals surface area contributed by atoms with Gasteiger partial charge < -0.3 is 9.67 Å². The Morgan fingerprint density at radius 2 is 2.20 bits per heavy atom. The van der Waals surface area contributed by atoms with Crippen LogP contribution in [0.2, 0.25) is 0 Å². The highest BCUT2D eigenvalue weighted by atomic mass is 19.1.